The van der Waals surface area contributed by atoms with Crippen molar-refractivity contribution in [1.82, 2.24) is 0 Å². The predicted molar refractivity (Wildman–Crippen MR) is 116 cm³/mol. The SMILES string of the molecule is CCC1CCCC(c2ccc(OCc3c(C)cccc3C(C)(C)C)cc2)C1. The van der Waals surface area contributed by atoms with E-state index in [-0.39, 0.29) is 5.41 Å². The van der Waals surface area contributed by atoms with Crippen LogP contribution in [0.3, 0.4) is 0 Å². The van der Waals surface area contributed by atoms with Gasteiger partial charge in [0.2, 0.25) is 0 Å². The van der Waals surface area contributed by atoms with E-state index in [0.717, 1.165) is 17.6 Å². The third-order valence-corrected chi connectivity index (χ3v) is 6.31. The molecule has 2 unspecified atom stereocenters. The molecular formula is C26H36O. The molecule has 2 aromatic rings. The number of hydrogen-bond donors (Lipinski definition) is 0. The first-order valence-electron chi connectivity index (χ1n) is 10.7. The van der Waals surface area contributed by atoms with Gasteiger partial charge >= 0.3 is 0 Å². The van der Waals surface area contributed by atoms with Crippen molar-refractivity contribution in [3.8, 4) is 5.75 Å². The first kappa shape index (κ1) is 20.0. The van der Waals surface area contributed by atoms with Gasteiger partial charge in [0.1, 0.15) is 12.4 Å². The molecular weight excluding hydrogens is 328 g/mol. The third-order valence-electron chi connectivity index (χ3n) is 6.31. The van der Waals surface area contributed by atoms with Crippen LogP contribution in [0.15, 0.2) is 42.5 Å². The minimum atomic E-state index is 0.130. The van der Waals surface area contributed by atoms with E-state index in [0.29, 0.717) is 6.61 Å². The molecule has 1 fully saturated rings. The van der Waals surface area contributed by atoms with Crippen LogP contribution in [0.5, 0.6) is 5.75 Å². The number of rotatable bonds is 5. The van der Waals surface area contributed by atoms with E-state index in [2.05, 4.69) is 77.1 Å². The molecule has 1 heteroatoms. The molecule has 0 heterocycles. The summed E-state index contributed by atoms with van der Waals surface area (Å²) >= 11 is 0. The smallest absolute Gasteiger partial charge is 0.119 e. The zero-order valence-corrected chi connectivity index (χ0v) is 17.8. The van der Waals surface area contributed by atoms with Crippen LogP contribution < -0.4 is 4.74 Å². The van der Waals surface area contributed by atoms with Gasteiger partial charge in [-0.15, -0.1) is 0 Å². The van der Waals surface area contributed by atoms with Gasteiger partial charge < -0.3 is 4.74 Å². The Kier molecular flexibility index (Phi) is 6.29. The number of ether oxygens (including phenoxy) is 1. The predicted octanol–water partition coefficient (Wildman–Crippen LogP) is 7.56. The summed E-state index contributed by atoms with van der Waals surface area (Å²) in [7, 11) is 0. The van der Waals surface area contributed by atoms with Crippen LogP contribution in [-0.2, 0) is 12.0 Å². The lowest BCUT2D eigenvalue weighted by molar-refractivity contribution is 0.300. The second-order valence-electron chi connectivity index (χ2n) is 9.35. The Morgan fingerprint density at radius 2 is 1.74 bits per heavy atom. The second-order valence-corrected chi connectivity index (χ2v) is 9.35. The maximum Gasteiger partial charge on any atom is 0.119 e. The summed E-state index contributed by atoms with van der Waals surface area (Å²) in [4.78, 5) is 0. The van der Waals surface area contributed by atoms with Gasteiger partial charge in [0, 0.05) is 0 Å². The largest absolute Gasteiger partial charge is 0.489 e. The molecule has 0 aromatic heterocycles. The first-order chi connectivity index (χ1) is 12.9. The Labute approximate surface area is 166 Å². The Morgan fingerprint density at radius 1 is 1.00 bits per heavy atom. The second kappa shape index (κ2) is 8.50. The quantitative estimate of drug-likeness (QED) is 0.532. The average molecular weight is 365 g/mol. The van der Waals surface area contributed by atoms with Crippen molar-refractivity contribution in [3.05, 3.63) is 64.7 Å². The highest BCUT2D eigenvalue weighted by Crippen LogP contribution is 2.38. The molecule has 3 rings (SSSR count). The van der Waals surface area contributed by atoms with Crippen LogP contribution in [0.4, 0.5) is 0 Å². The number of benzene rings is 2. The average Bonchev–Trinajstić information content (AvgIpc) is 2.66. The van der Waals surface area contributed by atoms with Gasteiger partial charge in [-0.05, 0) is 71.4 Å². The Morgan fingerprint density at radius 3 is 2.41 bits per heavy atom. The molecule has 2 aromatic carbocycles. The monoisotopic (exact) mass is 364 g/mol. The summed E-state index contributed by atoms with van der Waals surface area (Å²) in [6, 6.07) is 15.5. The molecule has 1 nitrogen and oxygen atoms in total. The third kappa shape index (κ3) is 4.94. The summed E-state index contributed by atoms with van der Waals surface area (Å²) < 4.78 is 6.19. The standard InChI is InChI=1S/C26H36O/c1-6-20-10-8-11-22(17-20)21-13-15-23(16-14-21)27-18-24-19(2)9-7-12-25(24)26(3,4)5/h7,9,12-16,20,22H,6,8,10-11,17-18H2,1-5H3. The zero-order chi connectivity index (χ0) is 19.4. The highest BCUT2D eigenvalue weighted by molar-refractivity contribution is 5.39. The maximum absolute atomic E-state index is 6.19. The Bertz CT molecular complexity index is 736. The summed E-state index contributed by atoms with van der Waals surface area (Å²) in [6.07, 6.45) is 6.82. The van der Waals surface area contributed by atoms with Crippen molar-refractivity contribution in [2.75, 3.05) is 0 Å². The minimum Gasteiger partial charge on any atom is -0.489 e. The first-order valence-corrected chi connectivity index (χ1v) is 10.7. The molecule has 2 atom stereocenters. The van der Waals surface area contributed by atoms with E-state index in [1.165, 1.54) is 54.4 Å². The van der Waals surface area contributed by atoms with E-state index >= 15 is 0 Å². The van der Waals surface area contributed by atoms with Crippen molar-refractivity contribution in [3.63, 3.8) is 0 Å². The lowest BCUT2D eigenvalue weighted by Gasteiger charge is -2.29. The molecule has 0 spiro atoms. The fourth-order valence-corrected chi connectivity index (χ4v) is 4.55. The molecule has 1 aliphatic rings. The van der Waals surface area contributed by atoms with Crippen molar-refractivity contribution < 1.29 is 4.74 Å². The summed E-state index contributed by atoms with van der Waals surface area (Å²) in [5.74, 6) is 2.63. The molecule has 1 aliphatic carbocycles. The minimum absolute atomic E-state index is 0.130. The van der Waals surface area contributed by atoms with Crippen molar-refractivity contribution >= 4 is 0 Å². The molecule has 27 heavy (non-hydrogen) atoms. The lowest BCUT2D eigenvalue weighted by atomic mass is 9.77. The highest BCUT2D eigenvalue weighted by atomic mass is 16.5. The van der Waals surface area contributed by atoms with Gasteiger partial charge in [-0.1, -0.05) is 77.3 Å². The Balaban J connectivity index is 1.68. The van der Waals surface area contributed by atoms with E-state index in [9.17, 15) is 0 Å². The van der Waals surface area contributed by atoms with Crippen molar-refractivity contribution in [2.45, 2.75) is 84.7 Å². The fraction of sp³-hybridized carbons (Fsp3) is 0.538. The van der Waals surface area contributed by atoms with Crippen LogP contribution in [-0.4, -0.2) is 0 Å². The van der Waals surface area contributed by atoms with E-state index in [1.807, 2.05) is 0 Å². The molecule has 1 saturated carbocycles. The van der Waals surface area contributed by atoms with Crippen LogP contribution in [0.2, 0.25) is 0 Å². The molecule has 0 bridgehead atoms. The van der Waals surface area contributed by atoms with E-state index < -0.39 is 0 Å². The highest BCUT2D eigenvalue weighted by Gasteiger charge is 2.22. The van der Waals surface area contributed by atoms with Crippen LogP contribution in [0, 0.1) is 12.8 Å². The maximum atomic E-state index is 6.19. The lowest BCUT2D eigenvalue weighted by Crippen LogP contribution is -2.16. The molecule has 0 amide bonds. The summed E-state index contributed by atoms with van der Waals surface area (Å²) in [5.41, 5.74) is 5.64. The topological polar surface area (TPSA) is 9.23 Å². The van der Waals surface area contributed by atoms with Gasteiger partial charge in [0.15, 0.2) is 0 Å². The molecule has 0 radical (unpaired) electrons. The van der Waals surface area contributed by atoms with E-state index in [4.69, 9.17) is 4.74 Å². The van der Waals surface area contributed by atoms with Gasteiger partial charge in [-0.2, -0.15) is 0 Å². The van der Waals surface area contributed by atoms with Crippen LogP contribution in [0.25, 0.3) is 0 Å². The van der Waals surface area contributed by atoms with E-state index in [1.54, 1.807) is 0 Å². The van der Waals surface area contributed by atoms with Gasteiger partial charge in [0.05, 0.1) is 0 Å². The van der Waals surface area contributed by atoms with Crippen LogP contribution in [0.1, 0.15) is 88.0 Å². The molecule has 0 saturated heterocycles. The zero-order valence-electron chi connectivity index (χ0n) is 17.8. The summed E-state index contributed by atoms with van der Waals surface area (Å²) in [5, 5.41) is 0. The van der Waals surface area contributed by atoms with Crippen LogP contribution >= 0.6 is 0 Å². The Hall–Kier alpha value is -1.76. The molecule has 0 aliphatic heterocycles. The van der Waals surface area contributed by atoms with Gasteiger partial charge in [0.25, 0.3) is 0 Å². The molecule has 146 valence electrons. The van der Waals surface area contributed by atoms with Crippen molar-refractivity contribution in [2.24, 2.45) is 5.92 Å². The normalized spacial score (nSPS) is 20.5. The number of hydrogen-bond acceptors (Lipinski definition) is 1. The van der Waals surface area contributed by atoms with Crippen molar-refractivity contribution in [1.29, 1.82) is 0 Å². The molecule has 0 N–H and O–H groups in total. The van der Waals surface area contributed by atoms with Gasteiger partial charge in [-0.25, -0.2) is 0 Å². The van der Waals surface area contributed by atoms with Gasteiger partial charge in [-0.3, -0.25) is 0 Å². The number of aryl methyl sites for hydroxylation is 1. The summed E-state index contributed by atoms with van der Waals surface area (Å²) in [6.45, 7) is 12.0. The fourth-order valence-electron chi connectivity index (χ4n) is 4.55.